The zero-order chi connectivity index (χ0) is 14.7. The molecule has 2 rings (SSSR count). The van der Waals surface area contributed by atoms with Crippen molar-refractivity contribution < 1.29 is 14.7 Å². The number of aliphatic hydroxyl groups excluding tert-OH is 1. The second kappa shape index (κ2) is 6.37. The summed E-state index contributed by atoms with van der Waals surface area (Å²) < 4.78 is 0.893. The van der Waals surface area contributed by atoms with Gasteiger partial charge in [-0.3, -0.25) is 9.59 Å². The van der Waals surface area contributed by atoms with Crippen molar-refractivity contribution in [3.63, 3.8) is 0 Å². The zero-order valence-corrected chi connectivity index (χ0v) is 12.8. The fraction of sp³-hybridized carbons (Fsp3) is 0.429. The monoisotopic (exact) mass is 340 g/mol. The van der Waals surface area contributed by atoms with Gasteiger partial charge >= 0.3 is 0 Å². The van der Waals surface area contributed by atoms with Crippen LogP contribution in [0.3, 0.4) is 0 Å². The number of anilines is 1. The standard InChI is InChI=1S/C14H17BrN2O3/c1-9(8-18)16-14(20)10-5-13(19)17(7-10)12-4-2-3-11(15)6-12/h2-4,6,9-10,18H,5,7-8H2,1H3,(H,16,20). The Morgan fingerprint density at radius 3 is 3.00 bits per heavy atom. The van der Waals surface area contributed by atoms with Crippen molar-refractivity contribution in [2.75, 3.05) is 18.1 Å². The van der Waals surface area contributed by atoms with Gasteiger partial charge in [0.2, 0.25) is 11.8 Å². The molecule has 0 aliphatic carbocycles. The van der Waals surface area contributed by atoms with Gasteiger partial charge in [-0.2, -0.15) is 0 Å². The summed E-state index contributed by atoms with van der Waals surface area (Å²) in [5, 5.41) is 11.6. The van der Waals surface area contributed by atoms with Crippen molar-refractivity contribution in [1.29, 1.82) is 0 Å². The maximum atomic E-state index is 12.0. The number of carbonyl (C=O) groups excluding carboxylic acids is 2. The Morgan fingerprint density at radius 1 is 1.60 bits per heavy atom. The van der Waals surface area contributed by atoms with Crippen LogP contribution in [0, 0.1) is 5.92 Å². The van der Waals surface area contributed by atoms with E-state index in [0.717, 1.165) is 10.2 Å². The first-order valence-corrected chi connectivity index (χ1v) is 7.27. The van der Waals surface area contributed by atoms with E-state index in [2.05, 4.69) is 21.2 Å². The van der Waals surface area contributed by atoms with E-state index in [1.54, 1.807) is 11.8 Å². The lowest BCUT2D eigenvalue weighted by Crippen LogP contribution is -2.40. The van der Waals surface area contributed by atoms with Gasteiger partial charge in [-0.25, -0.2) is 0 Å². The Morgan fingerprint density at radius 2 is 2.35 bits per heavy atom. The summed E-state index contributed by atoms with van der Waals surface area (Å²) in [6.07, 6.45) is 0.205. The fourth-order valence-corrected chi connectivity index (χ4v) is 2.57. The summed E-state index contributed by atoms with van der Waals surface area (Å²) in [6, 6.07) is 7.15. The van der Waals surface area contributed by atoms with Crippen LogP contribution in [0.25, 0.3) is 0 Å². The normalized spacial score (nSPS) is 20.1. The van der Waals surface area contributed by atoms with Crippen LogP contribution >= 0.6 is 15.9 Å². The highest BCUT2D eigenvalue weighted by atomic mass is 79.9. The van der Waals surface area contributed by atoms with Gasteiger partial charge in [-0.05, 0) is 25.1 Å². The Labute approximate surface area is 126 Å². The van der Waals surface area contributed by atoms with Gasteiger partial charge in [-0.15, -0.1) is 0 Å². The van der Waals surface area contributed by atoms with Crippen molar-refractivity contribution in [3.05, 3.63) is 28.7 Å². The van der Waals surface area contributed by atoms with E-state index in [0.29, 0.717) is 6.54 Å². The van der Waals surface area contributed by atoms with Crippen LogP contribution in [0.2, 0.25) is 0 Å². The lowest BCUT2D eigenvalue weighted by molar-refractivity contribution is -0.127. The SMILES string of the molecule is CC(CO)NC(=O)C1CC(=O)N(c2cccc(Br)c2)C1. The summed E-state index contributed by atoms with van der Waals surface area (Å²) >= 11 is 3.37. The molecular weight excluding hydrogens is 324 g/mol. The number of rotatable bonds is 4. The Balaban J connectivity index is 2.05. The molecule has 1 aromatic carbocycles. The first-order valence-electron chi connectivity index (χ1n) is 6.48. The number of aliphatic hydroxyl groups is 1. The molecule has 0 aromatic heterocycles. The molecule has 1 fully saturated rings. The molecule has 0 spiro atoms. The van der Waals surface area contributed by atoms with Gasteiger partial charge in [-0.1, -0.05) is 22.0 Å². The third kappa shape index (κ3) is 3.37. The van der Waals surface area contributed by atoms with E-state index in [1.165, 1.54) is 0 Å². The van der Waals surface area contributed by atoms with Gasteiger partial charge in [0.1, 0.15) is 0 Å². The second-order valence-corrected chi connectivity index (χ2v) is 5.89. The van der Waals surface area contributed by atoms with E-state index < -0.39 is 0 Å². The predicted octanol–water partition coefficient (Wildman–Crippen LogP) is 1.30. The average molecular weight is 341 g/mol. The Hall–Kier alpha value is -1.40. The van der Waals surface area contributed by atoms with Crippen LogP contribution < -0.4 is 10.2 Å². The minimum atomic E-state index is -0.365. The molecule has 108 valence electrons. The number of benzene rings is 1. The van der Waals surface area contributed by atoms with Crippen molar-refractivity contribution >= 4 is 33.4 Å². The summed E-state index contributed by atoms with van der Waals surface area (Å²) in [5.41, 5.74) is 0.787. The number of amides is 2. The minimum absolute atomic E-state index is 0.0556. The molecule has 0 bridgehead atoms. The molecule has 1 heterocycles. The van der Waals surface area contributed by atoms with Gasteiger partial charge < -0.3 is 15.3 Å². The lowest BCUT2D eigenvalue weighted by Gasteiger charge is -2.18. The molecule has 2 amide bonds. The maximum absolute atomic E-state index is 12.0. The third-order valence-corrected chi connectivity index (χ3v) is 3.77. The van der Waals surface area contributed by atoms with E-state index in [1.807, 2.05) is 24.3 Å². The summed E-state index contributed by atoms with van der Waals surface area (Å²) in [6.45, 7) is 1.99. The van der Waals surface area contributed by atoms with Crippen LogP contribution in [-0.2, 0) is 9.59 Å². The average Bonchev–Trinajstić information content (AvgIpc) is 2.80. The molecule has 1 aliphatic heterocycles. The smallest absolute Gasteiger partial charge is 0.227 e. The molecular formula is C14H17BrN2O3. The molecule has 2 N–H and O–H groups in total. The number of hydrogen-bond donors (Lipinski definition) is 2. The molecule has 1 saturated heterocycles. The van der Waals surface area contributed by atoms with Crippen LogP contribution in [0.5, 0.6) is 0 Å². The first kappa shape index (κ1) is 15.0. The van der Waals surface area contributed by atoms with E-state index >= 15 is 0 Å². The van der Waals surface area contributed by atoms with Gasteiger partial charge in [0.15, 0.2) is 0 Å². The molecule has 0 saturated carbocycles. The molecule has 20 heavy (non-hydrogen) atoms. The number of nitrogens with one attached hydrogen (secondary N) is 1. The Bertz CT molecular complexity index is 521. The highest BCUT2D eigenvalue weighted by Crippen LogP contribution is 2.27. The summed E-state index contributed by atoms with van der Waals surface area (Å²) in [7, 11) is 0. The minimum Gasteiger partial charge on any atom is -0.394 e. The molecule has 1 aliphatic rings. The number of carbonyl (C=O) groups is 2. The highest BCUT2D eigenvalue weighted by Gasteiger charge is 2.35. The fourth-order valence-electron chi connectivity index (χ4n) is 2.18. The predicted molar refractivity (Wildman–Crippen MR) is 79.3 cm³/mol. The maximum Gasteiger partial charge on any atom is 0.227 e. The van der Waals surface area contributed by atoms with Crippen LogP contribution in [0.4, 0.5) is 5.69 Å². The van der Waals surface area contributed by atoms with E-state index in [9.17, 15) is 9.59 Å². The van der Waals surface area contributed by atoms with E-state index in [-0.39, 0.29) is 36.8 Å². The molecule has 1 aromatic rings. The van der Waals surface area contributed by atoms with Crippen molar-refractivity contribution in [2.45, 2.75) is 19.4 Å². The van der Waals surface area contributed by atoms with Gasteiger partial charge in [0.05, 0.1) is 12.5 Å². The molecule has 6 heteroatoms. The zero-order valence-electron chi connectivity index (χ0n) is 11.2. The largest absolute Gasteiger partial charge is 0.394 e. The topological polar surface area (TPSA) is 69.6 Å². The lowest BCUT2D eigenvalue weighted by atomic mass is 10.1. The highest BCUT2D eigenvalue weighted by molar-refractivity contribution is 9.10. The van der Waals surface area contributed by atoms with Gasteiger partial charge in [0.25, 0.3) is 0 Å². The molecule has 2 atom stereocenters. The molecule has 0 radical (unpaired) electrons. The van der Waals surface area contributed by atoms with Crippen LogP contribution in [0.1, 0.15) is 13.3 Å². The quantitative estimate of drug-likeness (QED) is 0.867. The summed E-state index contributed by atoms with van der Waals surface area (Å²) in [5.74, 6) is -0.604. The van der Waals surface area contributed by atoms with Gasteiger partial charge in [0, 0.05) is 29.2 Å². The number of nitrogens with zero attached hydrogens (tertiary/aromatic N) is 1. The van der Waals surface area contributed by atoms with E-state index in [4.69, 9.17) is 5.11 Å². The molecule has 2 unspecified atom stereocenters. The van der Waals surface area contributed by atoms with Crippen molar-refractivity contribution in [3.8, 4) is 0 Å². The Kier molecular flexibility index (Phi) is 4.77. The van der Waals surface area contributed by atoms with Crippen LogP contribution in [0.15, 0.2) is 28.7 Å². The number of hydrogen-bond acceptors (Lipinski definition) is 3. The second-order valence-electron chi connectivity index (χ2n) is 4.98. The third-order valence-electron chi connectivity index (χ3n) is 3.28. The first-order chi connectivity index (χ1) is 9.51. The van der Waals surface area contributed by atoms with Crippen LogP contribution in [-0.4, -0.2) is 36.1 Å². The molecule has 5 nitrogen and oxygen atoms in total. The van der Waals surface area contributed by atoms with Crippen molar-refractivity contribution in [1.82, 2.24) is 5.32 Å². The summed E-state index contributed by atoms with van der Waals surface area (Å²) in [4.78, 5) is 25.7. The van der Waals surface area contributed by atoms with Crippen molar-refractivity contribution in [2.24, 2.45) is 5.92 Å². The number of halogens is 1.